The third kappa shape index (κ3) is 3.37. The van der Waals surface area contributed by atoms with Gasteiger partial charge in [-0.05, 0) is 49.6 Å². The molecule has 136 valence electrons. The second-order valence-electron chi connectivity index (χ2n) is 7.84. The van der Waals surface area contributed by atoms with E-state index in [9.17, 15) is 4.79 Å². The van der Waals surface area contributed by atoms with Crippen LogP contribution in [-0.2, 0) is 11.3 Å². The van der Waals surface area contributed by atoms with Crippen molar-refractivity contribution in [3.63, 3.8) is 0 Å². The minimum Gasteiger partial charge on any atom is -0.373 e. The van der Waals surface area contributed by atoms with Crippen LogP contribution in [0.2, 0.25) is 0 Å². The number of ether oxygens (including phenoxy) is 1. The van der Waals surface area contributed by atoms with Crippen LogP contribution in [0.3, 0.4) is 0 Å². The molecule has 1 atom stereocenters. The molecule has 1 aromatic rings. The lowest BCUT2D eigenvalue weighted by atomic mass is 9.88. The summed E-state index contributed by atoms with van der Waals surface area (Å²) in [4.78, 5) is 17.9. The van der Waals surface area contributed by atoms with Gasteiger partial charge in [0.1, 0.15) is 0 Å². The predicted molar refractivity (Wildman–Crippen MR) is 102 cm³/mol. The monoisotopic (exact) mass is 351 g/mol. The van der Waals surface area contributed by atoms with Gasteiger partial charge in [0.15, 0.2) is 0 Å². The Labute approximate surface area is 154 Å². The second-order valence-corrected chi connectivity index (χ2v) is 7.84. The number of amides is 2. The van der Waals surface area contributed by atoms with Gasteiger partial charge >= 0.3 is 6.03 Å². The molecule has 26 heavy (non-hydrogen) atoms. The number of rotatable bonds is 3. The molecular formula is C21H25N3O2. The van der Waals surface area contributed by atoms with Gasteiger partial charge in [0.05, 0.1) is 23.6 Å². The summed E-state index contributed by atoms with van der Waals surface area (Å²) in [5.74, 6) is 0.156. The van der Waals surface area contributed by atoms with Gasteiger partial charge in [-0.3, -0.25) is 4.90 Å². The van der Waals surface area contributed by atoms with Crippen LogP contribution in [0.15, 0.2) is 47.1 Å². The first-order valence-electron chi connectivity index (χ1n) is 9.16. The Morgan fingerprint density at radius 1 is 1.38 bits per heavy atom. The van der Waals surface area contributed by atoms with Crippen LogP contribution in [0, 0.1) is 6.92 Å². The molecule has 0 saturated carbocycles. The van der Waals surface area contributed by atoms with Crippen LogP contribution in [-0.4, -0.2) is 41.9 Å². The lowest BCUT2D eigenvalue weighted by Gasteiger charge is -2.38. The van der Waals surface area contributed by atoms with E-state index in [2.05, 4.69) is 66.3 Å². The average Bonchev–Trinajstić information content (AvgIpc) is 2.95. The summed E-state index contributed by atoms with van der Waals surface area (Å²) in [6.07, 6.45) is 6.15. The third-order valence-corrected chi connectivity index (χ3v) is 5.29. The molecule has 4 rings (SSSR count). The largest absolute Gasteiger partial charge is 0.373 e. The summed E-state index contributed by atoms with van der Waals surface area (Å²) in [7, 11) is 0. The Morgan fingerprint density at radius 3 is 3.04 bits per heavy atom. The third-order valence-electron chi connectivity index (χ3n) is 5.29. The summed E-state index contributed by atoms with van der Waals surface area (Å²) in [5, 5.41) is 2.81. The topological polar surface area (TPSA) is 53.9 Å². The van der Waals surface area contributed by atoms with E-state index in [1.807, 2.05) is 6.08 Å². The fourth-order valence-electron chi connectivity index (χ4n) is 3.98. The first-order valence-corrected chi connectivity index (χ1v) is 9.16. The van der Waals surface area contributed by atoms with Gasteiger partial charge in [-0.25, -0.2) is 4.79 Å². The molecule has 3 aliphatic rings. The van der Waals surface area contributed by atoms with E-state index in [1.165, 1.54) is 16.7 Å². The maximum absolute atomic E-state index is 11.5. The lowest BCUT2D eigenvalue weighted by Crippen LogP contribution is -2.47. The van der Waals surface area contributed by atoms with Gasteiger partial charge in [-0.15, -0.1) is 0 Å². The molecule has 1 unspecified atom stereocenters. The normalized spacial score (nSPS) is 24.7. The Morgan fingerprint density at radius 2 is 2.23 bits per heavy atom. The summed E-state index contributed by atoms with van der Waals surface area (Å²) >= 11 is 0. The number of benzene rings is 1. The lowest BCUT2D eigenvalue weighted by molar-refractivity contribution is -0.0883. The van der Waals surface area contributed by atoms with Gasteiger partial charge in [-0.2, -0.15) is 4.99 Å². The van der Waals surface area contributed by atoms with Crippen molar-refractivity contribution < 1.29 is 9.53 Å². The number of carbonyl (C=O) groups excluding carboxylic acids is 1. The van der Waals surface area contributed by atoms with E-state index in [-0.39, 0.29) is 17.6 Å². The number of morpholine rings is 1. The first kappa shape index (κ1) is 17.2. The van der Waals surface area contributed by atoms with Crippen molar-refractivity contribution in [1.82, 2.24) is 10.2 Å². The molecule has 2 heterocycles. The summed E-state index contributed by atoms with van der Waals surface area (Å²) in [6.45, 7) is 10.1. The maximum Gasteiger partial charge on any atom is 0.346 e. The second kappa shape index (κ2) is 6.49. The van der Waals surface area contributed by atoms with Gasteiger partial charge in [-0.1, -0.05) is 24.3 Å². The number of nitrogens with zero attached hydrogens (tertiary/aromatic N) is 2. The van der Waals surface area contributed by atoms with E-state index in [1.54, 1.807) is 0 Å². The van der Waals surface area contributed by atoms with E-state index in [0.29, 0.717) is 0 Å². The number of urea groups is 1. The highest BCUT2D eigenvalue weighted by atomic mass is 16.5. The van der Waals surface area contributed by atoms with Crippen LogP contribution >= 0.6 is 0 Å². The number of hydrogen-bond donors (Lipinski definition) is 1. The molecule has 1 saturated heterocycles. The molecule has 1 fully saturated rings. The van der Waals surface area contributed by atoms with Crippen LogP contribution in [0.5, 0.6) is 0 Å². The van der Waals surface area contributed by atoms with Crippen LogP contribution in [0.25, 0.3) is 0 Å². The fraction of sp³-hybridized carbons (Fsp3) is 0.429. The Hall–Kier alpha value is -2.24. The first-order chi connectivity index (χ1) is 12.4. The molecule has 0 spiro atoms. The van der Waals surface area contributed by atoms with Crippen molar-refractivity contribution in [3.05, 3.63) is 58.8 Å². The summed E-state index contributed by atoms with van der Waals surface area (Å²) in [6, 6.07) is 6.24. The number of nitrogens with one attached hydrogen (secondary N) is 1. The highest BCUT2D eigenvalue weighted by Crippen LogP contribution is 2.30. The number of aliphatic imine (C=N–C) groups is 1. The van der Waals surface area contributed by atoms with Gasteiger partial charge in [0.25, 0.3) is 0 Å². The van der Waals surface area contributed by atoms with Crippen molar-refractivity contribution in [2.45, 2.75) is 38.8 Å². The summed E-state index contributed by atoms with van der Waals surface area (Å²) in [5.41, 5.74) is 5.41. The zero-order valence-corrected chi connectivity index (χ0v) is 15.6. The van der Waals surface area contributed by atoms with Crippen molar-refractivity contribution >= 4 is 11.7 Å². The molecule has 5 nitrogen and oxygen atoms in total. The zero-order valence-electron chi connectivity index (χ0n) is 15.6. The average molecular weight is 351 g/mol. The molecule has 1 N–H and O–H groups in total. The molecule has 0 bridgehead atoms. The Balaban J connectivity index is 1.56. The van der Waals surface area contributed by atoms with Crippen molar-refractivity contribution in [2.24, 2.45) is 4.99 Å². The number of carbonyl (C=O) groups is 1. The number of fused-ring (bicyclic) bond motifs is 1. The number of hydrogen-bond acceptors (Lipinski definition) is 3. The minimum absolute atomic E-state index is 0.0866. The Bertz CT molecular complexity index is 836. The van der Waals surface area contributed by atoms with Gasteiger partial charge < -0.3 is 10.1 Å². The number of allylic oxidation sites excluding steroid dienone is 3. The van der Waals surface area contributed by atoms with Crippen molar-refractivity contribution in [1.29, 1.82) is 0 Å². The molecular weight excluding hydrogens is 326 g/mol. The standard InChI is InChI=1S/C21H25N3O2/c1-14-16(12-24-9-10-26-21(2,3)13-24)5-4-6-17(14)15-7-8-18-19(11-15)23-20(25)22-18/h4-8,11,15H,9-10,12-13H2,1-3H3,(H,23,25). The highest BCUT2D eigenvalue weighted by Gasteiger charge is 2.28. The molecule has 0 aromatic heterocycles. The van der Waals surface area contributed by atoms with Crippen LogP contribution in [0.1, 0.15) is 36.5 Å². The van der Waals surface area contributed by atoms with Crippen molar-refractivity contribution in [3.8, 4) is 0 Å². The zero-order chi connectivity index (χ0) is 18.3. The SMILES string of the molecule is Cc1c(CN2CCOC(C)(C)C2)cccc1C1C=CC2=NC(=O)NC2=C1. The minimum atomic E-state index is -0.281. The fourth-order valence-corrected chi connectivity index (χ4v) is 3.98. The molecule has 2 aliphatic heterocycles. The molecule has 0 radical (unpaired) electrons. The predicted octanol–water partition coefficient (Wildman–Crippen LogP) is 3.31. The molecule has 5 heteroatoms. The smallest absolute Gasteiger partial charge is 0.346 e. The molecule has 1 aromatic carbocycles. The molecule has 2 amide bonds. The van der Waals surface area contributed by atoms with E-state index in [0.717, 1.165) is 37.6 Å². The van der Waals surface area contributed by atoms with Crippen LogP contribution in [0.4, 0.5) is 4.79 Å². The van der Waals surface area contributed by atoms with Crippen LogP contribution < -0.4 is 5.32 Å². The maximum atomic E-state index is 11.5. The van der Waals surface area contributed by atoms with E-state index >= 15 is 0 Å². The molecule has 1 aliphatic carbocycles. The summed E-state index contributed by atoms with van der Waals surface area (Å²) < 4.78 is 5.83. The Kier molecular flexibility index (Phi) is 4.29. The van der Waals surface area contributed by atoms with E-state index < -0.39 is 0 Å². The van der Waals surface area contributed by atoms with Crippen molar-refractivity contribution in [2.75, 3.05) is 19.7 Å². The van der Waals surface area contributed by atoms with E-state index in [4.69, 9.17) is 4.74 Å². The van der Waals surface area contributed by atoms with Gasteiger partial charge in [0, 0.05) is 25.6 Å². The highest BCUT2D eigenvalue weighted by molar-refractivity contribution is 6.19. The quantitative estimate of drug-likeness (QED) is 0.909. The van der Waals surface area contributed by atoms with Gasteiger partial charge in [0.2, 0.25) is 0 Å².